The van der Waals surface area contributed by atoms with E-state index >= 15 is 0 Å². The van der Waals surface area contributed by atoms with Gasteiger partial charge in [0.15, 0.2) is 0 Å². The quantitative estimate of drug-likeness (QED) is 0.601. The highest BCUT2D eigenvalue weighted by atomic mass is 32.2. The van der Waals surface area contributed by atoms with E-state index in [9.17, 15) is 4.79 Å². The summed E-state index contributed by atoms with van der Waals surface area (Å²) in [7, 11) is 0. The van der Waals surface area contributed by atoms with Crippen LogP contribution in [0.1, 0.15) is 45.2 Å². The van der Waals surface area contributed by atoms with Gasteiger partial charge in [-0.15, -0.1) is 6.58 Å². The van der Waals surface area contributed by atoms with E-state index in [1.807, 2.05) is 12.1 Å². The van der Waals surface area contributed by atoms with Gasteiger partial charge >= 0.3 is 0 Å². The number of carbonyl (C=O) groups is 1. The molecule has 5 nitrogen and oxygen atoms in total. The Morgan fingerprint density at radius 3 is 2.81 bits per heavy atom. The molecule has 1 N–H and O–H groups in total. The van der Waals surface area contributed by atoms with Crippen molar-refractivity contribution in [3.63, 3.8) is 0 Å². The van der Waals surface area contributed by atoms with E-state index in [4.69, 9.17) is 4.99 Å². The summed E-state index contributed by atoms with van der Waals surface area (Å²) < 4.78 is 0. The number of carbonyl (C=O) groups excluding carboxylic acids is 1. The second kappa shape index (κ2) is 10.6. The number of nitrogens with zero attached hydrogens (tertiary/aromatic N) is 3. The van der Waals surface area contributed by atoms with Crippen molar-refractivity contribution in [2.75, 3.05) is 13.1 Å². The Labute approximate surface area is 196 Å². The Balaban J connectivity index is 0.00000306. The number of aliphatic imine (C=N–C) groups is 1. The fourth-order valence-corrected chi connectivity index (χ4v) is 5.07. The number of aromatic nitrogens is 1. The lowest BCUT2D eigenvalue weighted by molar-refractivity contribution is -0.123. The standard InChI is InChI=1S/C26H30N4OS.H2/c1-3-21(26(31)28-18-20-10-9-13-27-17-20)16-23-19(2)32-24-12-6-5-11-22(24)25(29-23)30-14-7-4-8-15-30;/h3,5-6,9-13,17,21H,1,4,7-8,14-16,18H2,2H3,(H,28,31);1H. The van der Waals surface area contributed by atoms with Crippen molar-refractivity contribution in [1.29, 1.82) is 0 Å². The molecule has 1 unspecified atom stereocenters. The monoisotopic (exact) mass is 448 g/mol. The maximum absolute atomic E-state index is 12.9. The molecule has 0 radical (unpaired) electrons. The van der Waals surface area contributed by atoms with E-state index in [1.54, 1.807) is 30.2 Å². The largest absolute Gasteiger partial charge is 0.356 e. The molecule has 2 aromatic rings. The Morgan fingerprint density at radius 2 is 2.06 bits per heavy atom. The molecule has 0 aliphatic carbocycles. The van der Waals surface area contributed by atoms with Crippen LogP contribution in [0.2, 0.25) is 0 Å². The number of nitrogens with one attached hydrogen (secondary N) is 1. The topological polar surface area (TPSA) is 57.6 Å². The molecule has 1 fully saturated rings. The van der Waals surface area contributed by atoms with Crippen molar-refractivity contribution in [3.05, 3.63) is 83.2 Å². The van der Waals surface area contributed by atoms with Crippen molar-refractivity contribution in [3.8, 4) is 0 Å². The summed E-state index contributed by atoms with van der Waals surface area (Å²) in [6.45, 7) is 8.55. The summed E-state index contributed by atoms with van der Waals surface area (Å²) in [6, 6.07) is 12.3. The van der Waals surface area contributed by atoms with E-state index in [1.165, 1.54) is 29.7 Å². The lowest BCUT2D eigenvalue weighted by atomic mass is 10.0. The maximum atomic E-state index is 12.9. The second-order valence-corrected chi connectivity index (χ2v) is 9.47. The molecule has 0 spiro atoms. The van der Waals surface area contributed by atoms with Gasteiger partial charge in [0.05, 0.1) is 11.6 Å². The molecule has 4 rings (SSSR count). The number of amidine groups is 1. The third kappa shape index (κ3) is 5.30. The first-order valence-corrected chi connectivity index (χ1v) is 12.1. The van der Waals surface area contributed by atoms with Gasteiger partial charge in [-0.1, -0.05) is 42.1 Å². The average molecular weight is 449 g/mol. The van der Waals surface area contributed by atoms with Crippen molar-refractivity contribution >= 4 is 23.5 Å². The summed E-state index contributed by atoms with van der Waals surface area (Å²) >= 11 is 1.75. The molecule has 1 saturated heterocycles. The molecule has 2 aliphatic heterocycles. The number of piperidine rings is 1. The third-order valence-electron chi connectivity index (χ3n) is 5.92. The Morgan fingerprint density at radius 1 is 1.25 bits per heavy atom. The highest BCUT2D eigenvalue weighted by Crippen LogP contribution is 2.38. The minimum Gasteiger partial charge on any atom is -0.356 e. The van der Waals surface area contributed by atoms with E-state index in [0.717, 1.165) is 35.1 Å². The number of thioether (sulfide) groups is 1. The summed E-state index contributed by atoms with van der Waals surface area (Å²) in [4.78, 5) is 27.0. The Kier molecular flexibility index (Phi) is 7.43. The first-order chi connectivity index (χ1) is 15.7. The third-order valence-corrected chi connectivity index (χ3v) is 7.04. The summed E-state index contributed by atoms with van der Waals surface area (Å²) in [6.07, 6.45) is 9.43. The number of hydrogen-bond acceptors (Lipinski definition) is 5. The van der Waals surface area contributed by atoms with Crippen LogP contribution in [-0.2, 0) is 11.3 Å². The molecule has 3 heterocycles. The van der Waals surface area contributed by atoms with Crippen molar-refractivity contribution in [2.45, 2.75) is 44.0 Å². The number of likely N-dealkylation sites (tertiary alicyclic amines) is 1. The van der Waals surface area contributed by atoms with Crippen LogP contribution in [-0.4, -0.2) is 34.7 Å². The average Bonchev–Trinajstić information content (AvgIpc) is 2.98. The molecular formula is C26H32N4OS. The van der Waals surface area contributed by atoms with Gasteiger partial charge in [0.1, 0.15) is 5.84 Å². The van der Waals surface area contributed by atoms with Gasteiger partial charge in [0.2, 0.25) is 5.91 Å². The molecule has 0 bridgehead atoms. The predicted octanol–water partition coefficient (Wildman–Crippen LogP) is 5.41. The molecule has 0 saturated carbocycles. The molecule has 168 valence electrons. The van der Waals surface area contributed by atoms with E-state index in [2.05, 4.69) is 53.0 Å². The maximum Gasteiger partial charge on any atom is 0.227 e. The number of fused-ring (bicyclic) bond motifs is 1. The molecule has 1 aromatic heterocycles. The SMILES string of the molecule is C=CC(CC1=C(C)Sc2ccccc2C(N2CCCCC2)=N1)C(=O)NCc1cccnc1.[HH]. The molecule has 1 amide bonds. The normalized spacial score (nSPS) is 17.2. The van der Waals surface area contributed by atoms with Crippen LogP contribution in [0.3, 0.4) is 0 Å². The predicted molar refractivity (Wildman–Crippen MR) is 133 cm³/mol. The van der Waals surface area contributed by atoms with E-state index < -0.39 is 0 Å². The number of rotatable bonds is 6. The van der Waals surface area contributed by atoms with Gasteiger partial charge in [0, 0.05) is 55.2 Å². The van der Waals surface area contributed by atoms with Gasteiger partial charge in [0.25, 0.3) is 0 Å². The van der Waals surface area contributed by atoms with E-state index in [0.29, 0.717) is 13.0 Å². The second-order valence-electron chi connectivity index (χ2n) is 8.21. The minimum absolute atomic E-state index is 0. The Hall–Kier alpha value is -2.86. The fraction of sp³-hybridized carbons (Fsp3) is 0.346. The van der Waals surface area contributed by atoms with Crippen LogP contribution >= 0.6 is 11.8 Å². The minimum atomic E-state index is -0.343. The highest BCUT2D eigenvalue weighted by molar-refractivity contribution is 8.03. The first-order valence-electron chi connectivity index (χ1n) is 11.3. The molecule has 2 aliphatic rings. The number of benzene rings is 1. The molecule has 1 atom stereocenters. The van der Waals surface area contributed by atoms with Crippen LogP contribution in [0.5, 0.6) is 0 Å². The van der Waals surface area contributed by atoms with Gasteiger partial charge in [-0.25, -0.2) is 4.99 Å². The number of amides is 1. The van der Waals surface area contributed by atoms with Crippen LogP contribution < -0.4 is 5.32 Å². The smallest absolute Gasteiger partial charge is 0.227 e. The lowest BCUT2D eigenvalue weighted by Gasteiger charge is -2.30. The number of pyridine rings is 1. The van der Waals surface area contributed by atoms with Crippen molar-refractivity contribution in [2.24, 2.45) is 10.9 Å². The zero-order valence-corrected chi connectivity index (χ0v) is 19.4. The summed E-state index contributed by atoms with van der Waals surface area (Å²) in [5.74, 6) is 0.661. The van der Waals surface area contributed by atoms with Crippen LogP contribution in [0.25, 0.3) is 0 Å². The van der Waals surface area contributed by atoms with Gasteiger partial charge < -0.3 is 10.2 Å². The summed E-state index contributed by atoms with van der Waals surface area (Å²) in [5, 5.41) is 3.02. The van der Waals surface area contributed by atoms with Crippen LogP contribution in [0.15, 0.2) is 81.9 Å². The van der Waals surface area contributed by atoms with Gasteiger partial charge in [-0.05, 0) is 43.9 Å². The van der Waals surface area contributed by atoms with Gasteiger partial charge in [-0.2, -0.15) is 0 Å². The van der Waals surface area contributed by atoms with E-state index in [-0.39, 0.29) is 13.3 Å². The zero-order chi connectivity index (χ0) is 22.3. The first kappa shape index (κ1) is 22.3. The van der Waals surface area contributed by atoms with Crippen molar-refractivity contribution in [1.82, 2.24) is 15.2 Å². The number of hydrogen-bond donors (Lipinski definition) is 1. The molecule has 1 aromatic carbocycles. The molecular weight excluding hydrogens is 416 g/mol. The Bertz CT molecular complexity index is 1030. The zero-order valence-electron chi connectivity index (χ0n) is 18.6. The molecule has 32 heavy (non-hydrogen) atoms. The molecule has 6 heteroatoms. The van der Waals surface area contributed by atoms with Crippen LogP contribution in [0.4, 0.5) is 0 Å². The number of allylic oxidation sites excluding steroid dienone is 2. The van der Waals surface area contributed by atoms with Crippen molar-refractivity contribution < 1.29 is 6.22 Å². The van der Waals surface area contributed by atoms with Crippen LogP contribution in [0, 0.1) is 5.92 Å². The summed E-state index contributed by atoms with van der Waals surface area (Å²) in [5.41, 5.74) is 3.13. The fourth-order valence-electron chi connectivity index (χ4n) is 4.08. The van der Waals surface area contributed by atoms with Gasteiger partial charge in [-0.3, -0.25) is 9.78 Å². The highest BCUT2D eigenvalue weighted by Gasteiger charge is 2.25. The lowest BCUT2D eigenvalue weighted by Crippen LogP contribution is -2.36.